The van der Waals surface area contributed by atoms with Crippen molar-refractivity contribution in [2.45, 2.75) is 50.7 Å². The summed E-state index contributed by atoms with van der Waals surface area (Å²) in [5, 5.41) is 3.58. The maximum atomic E-state index is 6.03. The number of nitrogens with one attached hydrogen (secondary N) is 1. The topological polar surface area (TPSA) is 40.1 Å². The summed E-state index contributed by atoms with van der Waals surface area (Å²) in [5.41, 5.74) is 0. The van der Waals surface area contributed by atoms with Crippen LogP contribution in [0.15, 0.2) is 4.99 Å². The number of likely N-dealkylation sites (N-methyl/N-ethyl adjacent to an activating group) is 1. The molecule has 2 aliphatic heterocycles. The molecular formula is C17H33IN4O. The Morgan fingerprint density at radius 3 is 2.43 bits per heavy atom. The van der Waals surface area contributed by atoms with Crippen molar-refractivity contribution >= 4 is 29.9 Å². The van der Waals surface area contributed by atoms with E-state index >= 15 is 0 Å². The molecule has 23 heavy (non-hydrogen) atoms. The molecule has 1 N–H and O–H groups in total. The number of hydrogen-bond acceptors (Lipinski definition) is 3. The lowest BCUT2D eigenvalue weighted by Gasteiger charge is -2.34. The highest BCUT2D eigenvalue weighted by atomic mass is 127. The molecular weight excluding hydrogens is 403 g/mol. The average molecular weight is 436 g/mol. The van der Waals surface area contributed by atoms with Crippen LogP contribution in [0.3, 0.4) is 0 Å². The Morgan fingerprint density at radius 2 is 1.87 bits per heavy atom. The maximum Gasteiger partial charge on any atom is 0.193 e. The Hall–Kier alpha value is -0.0800. The van der Waals surface area contributed by atoms with Crippen LogP contribution in [0.1, 0.15) is 38.5 Å². The third-order valence-electron chi connectivity index (χ3n) is 5.39. The Morgan fingerprint density at radius 1 is 1.13 bits per heavy atom. The summed E-state index contributed by atoms with van der Waals surface area (Å²) in [6.45, 7) is 5.37. The molecule has 5 nitrogen and oxygen atoms in total. The number of likely N-dealkylation sites (tertiary alicyclic amines) is 2. The molecule has 1 saturated carbocycles. The van der Waals surface area contributed by atoms with E-state index in [1.807, 2.05) is 7.05 Å². The van der Waals surface area contributed by atoms with Gasteiger partial charge in [-0.2, -0.15) is 0 Å². The molecule has 3 aliphatic rings. The lowest BCUT2D eigenvalue weighted by molar-refractivity contribution is 0.0131. The lowest BCUT2D eigenvalue weighted by Crippen LogP contribution is -2.49. The fourth-order valence-electron chi connectivity index (χ4n) is 3.57. The molecule has 0 aromatic heterocycles. The van der Waals surface area contributed by atoms with Crippen LogP contribution in [0.2, 0.25) is 0 Å². The summed E-state index contributed by atoms with van der Waals surface area (Å²) in [7, 11) is 4.13. The molecule has 6 heteroatoms. The molecule has 2 saturated heterocycles. The van der Waals surface area contributed by atoms with E-state index in [1.54, 1.807) is 0 Å². The summed E-state index contributed by atoms with van der Waals surface area (Å²) >= 11 is 0. The van der Waals surface area contributed by atoms with Crippen LogP contribution in [-0.2, 0) is 4.74 Å². The second kappa shape index (κ2) is 9.42. The Balaban J connectivity index is 0.00000192. The van der Waals surface area contributed by atoms with Gasteiger partial charge in [-0.3, -0.25) is 4.99 Å². The smallest absolute Gasteiger partial charge is 0.193 e. The first-order valence-electron chi connectivity index (χ1n) is 9.03. The van der Waals surface area contributed by atoms with Gasteiger partial charge in [-0.15, -0.1) is 24.0 Å². The molecule has 0 spiro atoms. The zero-order valence-corrected chi connectivity index (χ0v) is 17.0. The fraction of sp³-hybridized carbons (Fsp3) is 0.941. The Bertz CT molecular complexity index is 381. The van der Waals surface area contributed by atoms with Gasteiger partial charge < -0.3 is 19.9 Å². The summed E-state index contributed by atoms with van der Waals surface area (Å²) < 4.78 is 6.03. The van der Waals surface area contributed by atoms with Crippen molar-refractivity contribution in [1.29, 1.82) is 0 Å². The van der Waals surface area contributed by atoms with E-state index in [0.29, 0.717) is 12.1 Å². The molecule has 3 fully saturated rings. The summed E-state index contributed by atoms with van der Waals surface area (Å²) in [5.74, 6) is 1.94. The van der Waals surface area contributed by atoms with E-state index in [9.17, 15) is 0 Å². The molecule has 0 amide bonds. The second-order valence-corrected chi connectivity index (χ2v) is 7.17. The van der Waals surface area contributed by atoms with Gasteiger partial charge in [-0.05, 0) is 58.0 Å². The minimum absolute atomic E-state index is 0. The van der Waals surface area contributed by atoms with E-state index < -0.39 is 0 Å². The number of nitrogens with zero attached hydrogens (tertiary/aromatic N) is 3. The van der Waals surface area contributed by atoms with E-state index in [4.69, 9.17) is 4.74 Å². The van der Waals surface area contributed by atoms with Crippen LogP contribution in [-0.4, -0.2) is 74.8 Å². The normalized spacial score (nSPS) is 27.1. The van der Waals surface area contributed by atoms with Crippen LogP contribution < -0.4 is 5.32 Å². The first-order chi connectivity index (χ1) is 10.8. The third kappa shape index (κ3) is 5.74. The van der Waals surface area contributed by atoms with Crippen LogP contribution in [0, 0.1) is 5.92 Å². The molecule has 0 aromatic rings. The van der Waals surface area contributed by atoms with E-state index in [1.165, 1.54) is 32.2 Å². The number of aliphatic imine (C=N–C) groups is 1. The third-order valence-corrected chi connectivity index (χ3v) is 5.39. The molecule has 1 atom stereocenters. The minimum atomic E-state index is 0. The van der Waals surface area contributed by atoms with E-state index in [2.05, 4.69) is 27.2 Å². The van der Waals surface area contributed by atoms with Gasteiger partial charge in [0, 0.05) is 39.3 Å². The molecule has 3 rings (SSSR count). The largest absolute Gasteiger partial charge is 0.378 e. The lowest BCUT2D eigenvalue weighted by atomic mass is 10.1. The van der Waals surface area contributed by atoms with Crippen molar-refractivity contribution in [1.82, 2.24) is 15.1 Å². The molecule has 134 valence electrons. The van der Waals surface area contributed by atoms with Crippen molar-refractivity contribution in [2.24, 2.45) is 10.9 Å². The summed E-state index contributed by atoms with van der Waals surface area (Å²) in [4.78, 5) is 9.33. The summed E-state index contributed by atoms with van der Waals surface area (Å²) in [6, 6.07) is 0.663. The SMILES string of the molecule is CN=C(NCC1CCCN1C)N1CCC(OCC2CC2)CC1.I. The number of hydrogen-bond donors (Lipinski definition) is 1. The van der Waals surface area contributed by atoms with Gasteiger partial charge in [0.15, 0.2) is 5.96 Å². The highest BCUT2D eigenvalue weighted by molar-refractivity contribution is 14.0. The van der Waals surface area contributed by atoms with Crippen LogP contribution in [0.25, 0.3) is 0 Å². The van der Waals surface area contributed by atoms with Gasteiger partial charge in [0.2, 0.25) is 0 Å². The zero-order valence-electron chi connectivity index (χ0n) is 14.7. The van der Waals surface area contributed by atoms with Crippen molar-refractivity contribution in [3.8, 4) is 0 Å². The predicted molar refractivity (Wildman–Crippen MR) is 106 cm³/mol. The molecule has 0 radical (unpaired) electrons. The highest BCUT2D eigenvalue weighted by Crippen LogP contribution is 2.30. The first kappa shape index (κ1) is 19.2. The van der Waals surface area contributed by atoms with Crippen molar-refractivity contribution in [3.63, 3.8) is 0 Å². The Kier molecular flexibility index (Phi) is 7.88. The van der Waals surface area contributed by atoms with E-state index in [0.717, 1.165) is 51.0 Å². The second-order valence-electron chi connectivity index (χ2n) is 7.17. The average Bonchev–Trinajstić information content (AvgIpc) is 3.29. The zero-order chi connectivity index (χ0) is 15.4. The molecule has 1 unspecified atom stereocenters. The number of piperidine rings is 1. The fourth-order valence-corrected chi connectivity index (χ4v) is 3.57. The Labute approximate surface area is 158 Å². The first-order valence-corrected chi connectivity index (χ1v) is 9.03. The van der Waals surface area contributed by atoms with Gasteiger partial charge in [0.25, 0.3) is 0 Å². The van der Waals surface area contributed by atoms with Crippen LogP contribution in [0.4, 0.5) is 0 Å². The van der Waals surface area contributed by atoms with Crippen LogP contribution >= 0.6 is 24.0 Å². The van der Waals surface area contributed by atoms with Gasteiger partial charge in [-0.1, -0.05) is 0 Å². The number of ether oxygens (including phenoxy) is 1. The number of rotatable bonds is 5. The number of halogens is 1. The van der Waals surface area contributed by atoms with Crippen molar-refractivity contribution in [3.05, 3.63) is 0 Å². The summed E-state index contributed by atoms with van der Waals surface area (Å²) in [6.07, 6.45) is 8.13. The predicted octanol–water partition coefficient (Wildman–Crippen LogP) is 2.16. The molecule has 0 aromatic carbocycles. The highest BCUT2D eigenvalue weighted by Gasteiger charge is 2.27. The van der Waals surface area contributed by atoms with Crippen LogP contribution in [0.5, 0.6) is 0 Å². The van der Waals surface area contributed by atoms with Gasteiger partial charge >= 0.3 is 0 Å². The molecule has 2 heterocycles. The molecule has 1 aliphatic carbocycles. The van der Waals surface area contributed by atoms with Gasteiger partial charge in [0.1, 0.15) is 0 Å². The standard InChI is InChI=1S/C17H32N4O.HI/c1-18-17(19-12-15-4-3-9-20(15)2)21-10-7-16(8-11-21)22-13-14-5-6-14;/h14-16H,3-13H2,1-2H3,(H,18,19);1H. The van der Waals surface area contributed by atoms with Crippen molar-refractivity contribution in [2.75, 3.05) is 46.9 Å². The van der Waals surface area contributed by atoms with Crippen molar-refractivity contribution < 1.29 is 4.74 Å². The maximum absolute atomic E-state index is 6.03. The van der Waals surface area contributed by atoms with E-state index in [-0.39, 0.29) is 24.0 Å². The molecule has 0 bridgehead atoms. The quantitative estimate of drug-likeness (QED) is 0.408. The number of guanidine groups is 1. The van der Waals surface area contributed by atoms with Gasteiger partial charge in [-0.25, -0.2) is 0 Å². The van der Waals surface area contributed by atoms with Gasteiger partial charge in [0.05, 0.1) is 6.10 Å². The minimum Gasteiger partial charge on any atom is -0.378 e. The monoisotopic (exact) mass is 436 g/mol.